The van der Waals surface area contributed by atoms with E-state index in [0.29, 0.717) is 32.5 Å². The zero-order valence-corrected chi connectivity index (χ0v) is 18.7. The maximum atomic E-state index is 13.6. The number of esters is 1. The highest BCUT2D eigenvalue weighted by Gasteiger charge is 2.45. The predicted molar refractivity (Wildman–Crippen MR) is 111 cm³/mol. The second-order valence-electron chi connectivity index (χ2n) is 9.31. The molecule has 7 nitrogen and oxygen atoms in total. The molecule has 0 aliphatic carbocycles. The van der Waals surface area contributed by atoms with E-state index in [1.165, 1.54) is 0 Å². The van der Waals surface area contributed by atoms with Crippen LogP contribution in [-0.4, -0.2) is 55.5 Å². The number of benzene rings is 1. The van der Waals surface area contributed by atoms with Crippen molar-refractivity contribution in [2.75, 3.05) is 27.1 Å². The number of nitrogens with zero attached hydrogens (tertiary/aromatic N) is 1. The van der Waals surface area contributed by atoms with Gasteiger partial charge in [-0.2, -0.15) is 0 Å². The summed E-state index contributed by atoms with van der Waals surface area (Å²) in [6.07, 6.45) is 1.80. The lowest BCUT2D eigenvalue weighted by molar-refractivity contribution is -0.166. The number of likely N-dealkylation sites (N-methyl/N-ethyl adjacent to an activating group) is 1. The van der Waals surface area contributed by atoms with Crippen LogP contribution in [0.2, 0.25) is 0 Å². The summed E-state index contributed by atoms with van der Waals surface area (Å²) in [4.78, 5) is 27.9. The van der Waals surface area contributed by atoms with Gasteiger partial charge >= 0.3 is 5.97 Å². The molecule has 1 aromatic carbocycles. The summed E-state index contributed by atoms with van der Waals surface area (Å²) in [5.74, 6) is 1.12. The number of hydrogen-bond donors (Lipinski definition) is 0. The van der Waals surface area contributed by atoms with Crippen LogP contribution in [0.25, 0.3) is 0 Å². The molecule has 166 valence electrons. The van der Waals surface area contributed by atoms with Gasteiger partial charge in [0.1, 0.15) is 5.60 Å². The fraction of sp³-hybridized carbons (Fsp3) is 0.652. The fourth-order valence-corrected chi connectivity index (χ4v) is 4.00. The molecule has 1 unspecified atom stereocenters. The van der Waals surface area contributed by atoms with Crippen LogP contribution in [-0.2, 0) is 25.5 Å². The number of ether oxygens (including phenoxy) is 4. The molecule has 30 heavy (non-hydrogen) atoms. The second kappa shape index (κ2) is 8.84. The van der Waals surface area contributed by atoms with Crippen molar-refractivity contribution in [3.05, 3.63) is 23.8 Å². The minimum atomic E-state index is -0.779. The maximum absolute atomic E-state index is 13.6. The summed E-state index contributed by atoms with van der Waals surface area (Å²) in [5, 5.41) is 0. The van der Waals surface area contributed by atoms with Crippen molar-refractivity contribution >= 4 is 11.9 Å². The van der Waals surface area contributed by atoms with Crippen LogP contribution in [0.15, 0.2) is 18.2 Å². The first-order chi connectivity index (χ1) is 14.1. The van der Waals surface area contributed by atoms with E-state index < -0.39 is 11.0 Å². The van der Waals surface area contributed by atoms with Crippen LogP contribution in [0.3, 0.4) is 0 Å². The van der Waals surface area contributed by atoms with Gasteiger partial charge in [0, 0.05) is 26.3 Å². The first-order valence-corrected chi connectivity index (χ1v) is 10.5. The normalized spacial score (nSPS) is 18.6. The number of hydrogen-bond acceptors (Lipinski definition) is 6. The van der Waals surface area contributed by atoms with Gasteiger partial charge in [-0.3, -0.25) is 9.59 Å². The van der Waals surface area contributed by atoms with Crippen LogP contribution in [0.4, 0.5) is 0 Å². The molecule has 3 rings (SSSR count). The van der Waals surface area contributed by atoms with E-state index in [-0.39, 0.29) is 31.1 Å². The molecule has 2 aliphatic rings. The average Bonchev–Trinajstić information content (AvgIpc) is 3.13. The van der Waals surface area contributed by atoms with Gasteiger partial charge in [-0.05, 0) is 64.7 Å². The largest absolute Gasteiger partial charge is 0.460 e. The summed E-state index contributed by atoms with van der Waals surface area (Å²) < 4.78 is 21.8. The van der Waals surface area contributed by atoms with E-state index in [0.717, 1.165) is 17.1 Å². The Bertz CT molecular complexity index is 778. The Balaban J connectivity index is 1.70. The number of rotatable bonds is 6. The van der Waals surface area contributed by atoms with Crippen LogP contribution in [0, 0.1) is 5.41 Å². The summed E-state index contributed by atoms with van der Waals surface area (Å²) in [6.45, 7) is 8.71. The van der Waals surface area contributed by atoms with E-state index >= 15 is 0 Å². The molecule has 2 aliphatic heterocycles. The monoisotopic (exact) mass is 419 g/mol. The van der Waals surface area contributed by atoms with Gasteiger partial charge in [0.15, 0.2) is 11.5 Å². The SMILES string of the molecule is CC(Cc1ccc2c(c1)OCO2)N(C)C(=O)C1(CC(=O)OC(C)(C)C)CCOCC1. The highest BCUT2D eigenvalue weighted by atomic mass is 16.7. The Morgan fingerprint density at radius 3 is 2.50 bits per heavy atom. The number of carbonyl (C=O) groups is 2. The van der Waals surface area contributed by atoms with E-state index in [4.69, 9.17) is 18.9 Å². The van der Waals surface area contributed by atoms with Crippen molar-refractivity contribution in [3.63, 3.8) is 0 Å². The molecular formula is C23H33NO6. The van der Waals surface area contributed by atoms with Gasteiger partial charge in [0.05, 0.1) is 11.8 Å². The summed E-state index contributed by atoms with van der Waals surface area (Å²) in [5.41, 5.74) is -0.289. The molecular weight excluding hydrogens is 386 g/mol. The standard InChI is InChI=1S/C23H33NO6/c1-16(12-17-6-7-18-19(13-17)29-15-28-18)24(5)21(26)23(8-10-27-11-9-23)14-20(25)30-22(2,3)4/h6-7,13,16H,8-12,14-15H2,1-5H3. The lowest BCUT2D eigenvalue weighted by Gasteiger charge is -2.40. The number of fused-ring (bicyclic) bond motifs is 1. The number of amides is 1. The van der Waals surface area contributed by atoms with Crippen LogP contribution in [0.1, 0.15) is 52.5 Å². The zero-order chi connectivity index (χ0) is 21.9. The molecule has 0 saturated carbocycles. The molecule has 0 radical (unpaired) electrons. The van der Waals surface area contributed by atoms with E-state index in [9.17, 15) is 9.59 Å². The van der Waals surface area contributed by atoms with Gasteiger partial charge in [0.2, 0.25) is 12.7 Å². The predicted octanol–water partition coefficient (Wildman–Crippen LogP) is 3.33. The minimum absolute atomic E-state index is 0.0232. The fourth-order valence-electron chi connectivity index (χ4n) is 4.00. The third kappa shape index (κ3) is 5.25. The van der Waals surface area contributed by atoms with Crippen LogP contribution >= 0.6 is 0 Å². The molecule has 1 saturated heterocycles. The molecule has 0 N–H and O–H groups in total. The molecule has 0 spiro atoms. The van der Waals surface area contributed by atoms with E-state index in [1.807, 2.05) is 52.9 Å². The van der Waals surface area contributed by atoms with E-state index in [2.05, 4.69) is 0 Å². The lowest BCUT2D eigenvalue weighted by Crippen LogP contribution is -2.50. The number of carbonyl (C=O) groups excluding carboxylic acids is 2. The Kier molecular flexibility index (Phi) is 6.60. The molecule has 1 atom stereocenters. The Hall–Kier alpha value is -2.28. The second-order valence-corrected chi connectivity index (χ2v) is 9.31. The van der Waals surface area contributed by atoms with Crippen molar-refractivity contribution in [2.24, 2.45) is 5.41 Å². The quantitative estimate of drug-likeness (QED) is 0.659. The molecule has 2 heterocycles. The molecule has 0 aromatic heterocycles. The van der Waals surface area contributed by atoms with Crippen molar-refractivity contribution in [3.8, 4) is 11.5 Å². The van der Waals surface area contributed by atoms with Crippen LogP contribution in [0.5, 0.6) is 11.5 Å². The highest BCUT2D eigenvalue weighted by molar-refractivity contribution is 5.87. The molecule has 1 fully saturated rings. The smallest absolute Gasteiger partial charge is 0.307 e. The van der Waals surface area contributed by atoms with Gasteiger partial charge in [-0.15, -0.1) is 0 Å². The third-order valence-electron chi connectivity index (χ3n) is 5.76. The topological polar surface area (TPSA) is 74.3 Å². The van der Waals surface area contributed by atoms with Gasteiger partial charge < -0.3 is 23.8 Å². The third-order valence-corrected chi connectivity index (χ3v) is 5.76. The Morgan fingerprint density at radius 2 is 1.83 bits per heavy atom. The summed E-state index contributed by atoms with van der Waals surface area (Å²) in [6, 6.07) is 5.81. The highest BCUT2D eigenvalue weighted by Crippen LogP contribution is 2.38. The van der Waals surface area contributed by atoms with Gasteiger partial charge in [0.25, 0.3) is 0 Å². The van der Waals surface area contributed by atoms with Crippen molar-refractivity contribution in [2.45, 2.75) is 65.0 Å². The van der Waals surface area contributed by atoms with Crippen molar-refractivity contribution in [1.82, 2.24) is 4.90 Å². The first-order valence-electron chi connectivity index (χ1n) is 10.5. The van der Waals surface area contributed by atoms with Gasteiger partial charge in [-0.1, -0.05) is 6.07 Å². The zero-order valence-electron chi connectivity index (χ0n) is 18.7. The minimum Gasteiger partial charge on any atom is -0.460 e. The van der Waals surface area contributed by atoms with Crippen LogP contribution < -0.4 is 9.47 Å². The molecule has 1 amide bonds. The Morgan fingerprint density at radius 1 is 1.17 bits per heavy atom. The molecule has 1 aromatic rings. The summed E-state index contributed by atoms with van der Waals surface area (Å²) in [7, 11) is 1.81. The lowest BCUT2D eigenvalue weighted by atomic mass is 9.75. The molecule has 7 heteroatoms. The molecule has 0 bridgehead atoms. The Labute approximate surface area is 178 Å². The van der Waals surface area contributed by atoms with E-state index in [1.54, 1.807) is 4.90 Å². The maximum Gasteiger partial charge on any atom is 0.307 e. The van der Waals surface area contributed by atoms with Gasteiger partial charge in [-0.25, -0.2) is 0 Å². The first kappa shape index (κ1) is 22.4. The van der Waals surface area contributed by atoms with Crippen molar-refractivity contribution in [1.29, 1.82) is 0 Å². The summed E-state index contributed by atoms with van der Waals surface area (Å²) >= 11 is 0. The average molecular weight is 420 g/mol. The van der Waals surface area contributed by atoms with Crippen molar-refractivity contribution < 1.29 is 28.5 Å².